The van der Waals surface area contributed by atoms with Crippen molar-refractivity contribution in [1.82, 2.24) is 39.9 Å². The Hall–Kier alpha value is -7.58. The van der Waals surface area contributed by atoms with Gasteiger partial charge >= 0.3 is 0 Å². The van der Waals surface area contributed by atoms with E-state index in [-0.39, 0.29) is 0 Å². The van der Waals surface area contributed by atoms with Crippen LogP contribution in [-0.2, 0) is 0 Å². The van der Waals surface area contributed by atoms with Crippen LogP contribution in [0.1, 0.15) is 0 Å². The number of benzene rings is 8. The molecule has 0 fully saturated rings. The molecule has 0 bridgehead atoms. The second-order valence-corrected chi connectivity index (χ2v) is 13.3. The Labute approximate surface area is 308 Å². The normalized spacial score (nSPS) is 11.7. The molecule has 250 valence electrons. The quantitative estimate of drug-likeness (QED) is 0.168. The van der Waals surface area contributed by atoms with Crippen LogP contribution in [0.3, 0.4) is 0 Å². The molecule has 11 rings (SSSR count). The number of nitrogens with zero attached hydrogens (tertiary/aromatic N) is 8. The minimum Gasteiger partial charge on any atom is -0.237 e. The number of hydrogen-bond acceptors (Lipinski definition) is 8. The first-order valence-electron chi connectivity index (χ1n) is 17.6. The highest BCUT2D eigenvalue weighted by Gasteiger charge is 2.18. The van der Waals surface area contributed by atoms with Gasteiger partial charge in [-0.2, -0.15) is 0 Å². The van der Waals surface area contributed by atoms with Gasteiger partial charge in [-0.3, -0.25) is 0 Å². The first-order valence-corrected chi connectivity index (χ1v) is 17.6. The molecular weight excluding hydrogens is 665 g/mol. The summed E-state index contributed by atoms with van der Waals surface area (Å²) < 4.78 is 0. The summed E-state index contributed by atoms with van der Waals surface area (Å²) in [7, 11) is 0. The summed E-state index contributed by atoms with van der Waals surface area (Å²) in [6.07, 6.45) is 9.74. The van der Waals surface area contributed by atoms with Gasteiger partial charge in [0.1, 0.15) is 25.3 Å². The van der Waals surface area contributed by atoms with Crippen LogP contribution in [0.5, 0.6) is 0 Å². The van der Waals surface area contributed by atoms with E-state index in [1.807, 2.05) is 6.07 Å². The number of rotatable bonds is 4. The van der Waals surface area contributed by atoms with Gasteiger partial charge in [-0.05, 0) is 112 Å². The summed E-state index contributed by atoms with van der Waals surface area (Å²) in [6, 6.07) is 43.4. The van der Waals surface area contributed by atoms with Crippen molar-refractivity contribution >= 4 is 64.6 Å². The fourth-order valence-corrected chi connectivity index (χ4v) is 8.07. The zero-order valence-electron chi connectivity index (χ0n) is 28.6. The molecule has 0 unspecified atom stereocenters. The molecular formula is C46H26N8. The summed E-state index contributed by atoms with van der Waals surface area (Å²) >= 11 is 0. The van der Waals surface area contributed by atoms with Crippen molar-refractivity contribution < 1.29 is 0 Å². The topological polar surface area (TPSA) is 103 Å². The van der Waals surface area contributed by atoms with E-state index in [1.165, 1.54) is 52.2 Å². The van der Waals surface area contributed by atoms with Gasteiger partial charge in [0.2, 0.25) is 0 Å². The summed E-state index contributed by atoms with van der Waals surface area (Å²) in [4.78, 5) is 35.3. The standard InChI is InChI=1S/C46H26N8/c1-2-8-33-31(6-1)32-7-3-4-9-37(32)43-38(21-30(22-42(33)43)46-49-16-5-17-50-46)27-10-13-36-39-19-28(44-51-23-47-24-52-44)11-14-34(39)35-15-12-29(20-41(35)40(36)18-27)45-53-25-48-26-54-45/h1-26H. The van der Waals surface area contributed by atoms with Gasteiger partial charge in [0, 0.05) is 29.1 Å². The second kappa shape index (κ2) is 12.0. The van der Waals surface area contributed by atoms with Crippen LogP contribution in [0.25, 0.3) is 110 Å². The molecule has 3 heterocycles. The van der Waals surface area contributed by atoms with Crippen molar-refractivity contribution in [2.75, 3.05) is 0 Å². The lowest BCUT2D eigenvalue weighted by atomic mass is 9.86. The van der Waals surface area contributed by atoms with E-state index in [4.69, 9.17) is 0 Å². The van der Waals surface area contributed by atoms with Crippen LogP contribution in [0.4, 0.5) is 0 Å². The summed E-state index contributed by atoms with van der Waals surface area (Å²) in [5, 5.41) is 13.9. The van der Waals surface area contributed by atoms with E-state index < -0.39 is 0 Å². The van der Waals surface area contributed by atoms with E-state index >= 15 is 0 Å². The Morgan fingerprint density at radius 3 is 1.28 bits per heavy atom. The van der Waals surface area contributed by atoms with Gasteiger partial charge in [0.05, 0.1) is 0 Å². The minimum atomic E-state index is 0.626. The zero-order chi connectivity index (χ0) is 35.6. The Morgan fingerprint density at radius 1 is 0.278 bits per heavy atom. The van der Waals surface area contributed by atoms with E-state index in [0.717, 1.165) is 65.5 Å². The number of hydrogen-bond donors (Lipinski definition) is 0. The van der Waals surface area contributed by atoms with Gasteiger partial charge < -0.3 is 0 Å². The Balaban J connectivity index is 1.27. The molecule has 0 radical (unpaired) electrons. The summed E-state index contributed by atoms with van der Waals surface area (Å²) in [5.74, 6) is 1.94. The van der Waals surface area contributed by atoms with Gasteiger partial charge in [-0.25, -0.2) is 39.9 Å². The van der Waals surface area contributed by atoms with Crippen molar-refractivity contribution in [3.8, 4) is 45.3 Å². The molecule has 3 aromatic heterocycles. The predicted octanol–water partition coefficient (Wildman–Crippen LogP) is 10.4. The average Bonchev–Trinajstić information content (AvgIpc) is 3.26. The third kappa shape index (κ3) is 4.70. The van der Waals surface area contributed by atoms with Gasteiger partial charge in [-0.1, -0.05) is 84.9 Å². The SMILES string of the molecule is c1cnc(-c2cc(-c3ccc4c5cc(-c6ncncn6)ccc5c5ccc(-c6ncncn6)cc5c4c3)c3c4ccccc4c4ccccc4c3c2)nc1. The van der Waals surface area contributed by atoms with Crippen molar-refractivity contribution in [2.24, 2.45) is 0 Å². The third-order valence-corrected chi connectivity index (χ3v) is 10.4. The highest BCUT2D eigenvalue weighted by atomic mass is 15.0. The minimum absolute atomic E-state index is 0.626. The van der Waals surface area contributed by atoms with Gasteiger partial charge in [0.15, 0.2) is 17.5 Å². The van der Waals surface area contributed by atoms with E-state index in [2.05, 4.69) is 155 Å². The maximum absolute atomic E-state index is 4.69. The molecule has 8 nitrogen and oxygen atoms in total. The highest BCUT2D eigenvalue weighted by molar-refractivity contribution is 6.30. The molecule has 8 heteroatoms. The van der Waals surface area contributed by atoms with Crippen LogP contribution in [-0.4, -0.2) is 39.9 Å². The lowest BCUT2D eigenvalue weighted by Gasteiger charge is -2.18. The fourth-order valence-electron chi connectivity index (χ4n) is 8.07. The van der Waals surface area contributed by atoms with E-state index in [1.54, 1.807) is 12.4 Å². The van der Waals surface area contributed by atoms with Crippen LogP contribution >= 0.6 is 0 Å². The Morgan fingerprint density at radius 2 is 0.685 bits per heavy atom. The van der Waals surface area contributed by atoms with E-state index in [0.29, 0.717) is 17.5 Å². The highest BCUT2D eigenvalue weighted by Crippen LogP contribution is 2.45. The predicted molar refractivity (Wildman–Crippen MR) is 216 cm³/mol. The lowest BCUT2D eigenvalue weighted by Crippen LogP contribution is -1.93. The molecule has 0 amide bonds. The van der Waals surface area contributed by atoms with Crippen molar-refractivity contribution in [3.63, 3.8) is 0 Å². The molecule has 0 saturated carbocycles. The van der Waals surface area contributed by atoms with Crippen molar-refractivity contribution in [3.05, 3.63) is 159 Å². The molecule has 54 heavy (non-hydrogen) atoms. The zero-order valence-corrected chi connectivity index (χ0v) is 28.6. The first-order chi connectivity index (χ1) is 26.8. The van der Waals surface area contributed by atoms with Crippen LogP contribution < -0.4 is 0 Å². The molecule has 0 aliphatic carbocycles. The van der Waals surface area contributed by atoms with Crippen LogP contribution in [0.15, 0.2) is 159 Å². The monoisotopic (exact) mass is 690 g/mol. The smallest absolute Gasteiger partial charge is 0.162 e. The van der Waals surface area contributed by atoms with Gasteiger partial charge in [-0.15, -0.1) is 0 Å². The Kier molecular flexibility index (Phi) is 6.69. The summed E-state index contributed by atoms with van der Waals surface area (Å²) in [5.41, 5.74) is 5.01. The third-order valence-electron chi connectivity index (χ3n) is 10.4. The summed E-state index contributed by atoms with van der Waals surface area (Å²) in [6.45, 7) is 0. The van der Waals surface area contributed by atoms with Crippen molar-refractivity contribution in [1.29, 1.82) is 0 Å². The maximum Gasteiger partial charge on any atom is 0.162 e. The lowest BCUT2D eigenvalue weighted by molar-refractivity contribution is 1.06. The molecule has 0 atom stereocenters. The molecule has 0 saturated heterocycles. The van der Waals surface area contributed by atoms with E-state index in [9.17, 15) is 0 Å². The number of aromatic nitrogens is 8. The molecule has 8 aromatic carbocycles. The second-order valence-electron chi connectivity index (χ2n) is 13.3. The molecule has 11 aromatic rings. The molecule has 0 aliphatic rings. The Bertz CT molecular complexity index is 3260. The largest absolute Gasteiger partial charge is 0.237 e. The van der Waals surface area contributed by atoms with Crippen LogP contribution in [0, 0.1) is 0 Å². The fraction of sp³-hybridized carbons (Fsp3) is 0. The maximum atomic E-state index is 4.69. The number of fused-ring (bicyclic) bond motifs is 12. The average molecular weight is 691 g/mol. The van der Waals surface area contributed by atoms with Gasteiger partial charge in [0.25, 0.3) is 0 Å². The molecule has 0 spiro atoms. The molecule has 0 aliphatic heterocycles. The van der Waals surface area contributed by atoms with Crippen LogP contribution in [0.2, 0.25) is 0 Å². The first kappa shape index (κ1) is 30.1. The molecule has 0 N–H and O–H groups in total. The van der Waals surface area contributed by atoms with Crippen molar-refractivity contribution in [2.45, 2.75) is 0 Å².